The van der Waals surface area contributed by atoms with Gasteiger partial charge in [0.15, 0.2) is 0 Å². The molecule has 1 heterocycles. The van der Waals surface area contributed by atoms with Gasteiger partial charge in [-0.3, -0.25) is 13.9 Å². The third-order valence-electron chi connectivity index (χ3n) is 5.41. The maximum absolute atomic E-state index is 12.8. The fourth-order valence-corrected chi connectivity index (χ4v) is 5.20. The molecule has 1 aliphatic carbocycles. The molecule has 8 heteroatoms. The van der Waals surface area contributed by atoms with Gasteiger partial charge in [-0.2, -0.15) is 0 Å². The monoisotopic (exact) mass is 379 g/mol. The van der Waals surface area contributed by atoms with Crippen LogP contribution in [-0.2, 0) is 23.1 Å². The van der Waals surface area contributed by atoms with Gasteiger partial charge in [0, 0.05) is 18.6 Å². The molecular formula is C18H25N3O4S. The van der Waals surface area contributed by atoms with E-state index in [0.29, 0.717) is 18.0 Å². The second-order valence-corrected chi connectivity index (χ2v) is 8.77. The second kappa shape index (κ2) is 6.35. The Labute approximate surface area is 152 Å². The van der Waals surface area contributed by atoms with E-state index in [-0.39, 0.29) is 22.5 Å². The summed E-state index contributed by atoms with van der Waals surface area (Å²) in [5, 5.41) is 0.240. The molecule has 1 N–H and O–H groups in total. The molecule has 1 fully saturated rings. The number of hydrogen-bond acceptors (Lipinski definition) is 4. The van der Waals surface area contributed by atoms with Crippen LogP contribution in [0.5, 0.6) is 0 Å². The smallest absolute Gasteiger partial charge is 0.293 e. The third kappa shape index (κ3) is 2.91. The Kier molecular flexibility index (Phi) is 4.60. The molecule has 0 unspecified atom stereocenters. The zero-order chi connectivity index (χ0) is 19.3. The zero-order valence-electron chi connectivity index (χ0n) is 15.6. The fourth-order valence-electron chi connectivity index (χ4n) is 3.69. The maximum Gasteiger partial charge on any atom is 0.331 e. The number of hydrogen-bond donors (Lipinski definition) is 1. The van der Waals surface area contributed by atoms with Crippen LogP contribution in [0.4, 0.5) is 0 Å². The van der Waals surface area contributed by atoms with Gasteiger partial charge in [0.25, 0.3) is 5.56 Å². The summed E-state index contributed by atoms with van der Waals surface area (Å²) in [7, 11) is -3.74. The first kappa shape index (κ1) is 18.8. The molecule has 26 heavy (non-hydrogen) atoms. The Morgan fingerprint density at radius 3 is 2.35 bits per heavy atom. The van der Waals surface area contributed by atoms with Crippen molar-refractivity contribution in [2.45, 2.75) is 64.1 Å². The summed E-state index contributed by atoms with van der Waals surface area (Å²) in [4.78, 5) is 25.1. The third-order valence-corrected chi connectivity index (χ3v) is 7.02. The molecule has 3 rings (SSSR count). The van der Waals surface area contributed by atoms with Crippen molar-refractivity contribution in [2.24, 2.45) is 5.92 Å². The van der Waals surface area contributed by atoms with Crippen molar-refractivity contribution in [1.82, 2.24) is 13.9 Å². The Morgan fingerprint density at radius 1 is 1.15 bits per heavy atom. The number of nitrogens with one attached hydrogen (secondary N) is 1. The van der Waals surface area contributed by atoms with Crippen molar-refractivity contribution in [2.75, 3.05) is 0 Å². The van der Waals surface area contributed by atoms with Crippen LogP contribution in [0.2, 0.25) is 0 Å². The summed E-state index contributed by atoms with van der Waals surface area (Å²) < 4.78 is 31.0. The first-order valence-electron chi connectivity index (χ1n) is 8.99. The number of fused-ring (bicyclic) bond motifs is 1. The Balaban J connectivity index is 2.15. The van der Waals surface area contributed by atoms with E-state index in [1.165, 1.54) is 16.7 Å². The molecule has 0 saturated heterocycles. The predicted molar refractivity (Wildman–Crippen MR) is 101 cm³/mol. The SMILES string of the molecule is CC[C@H]1C[C@]1(C)NS(=O)(=O)c1ccc2c(c1)c(=O)n(CC)c(=O)n2CC. The van der Waals surface area contributed by atoms with Crippen LogP contribution >= 0.6 is 0 Å². The first-order valence-corrected chi connectivity index (χ1v) is 10.5. The summed E-state index contributed by atoms with van der Waals surface area (Å²) in [5.41, 5.74) is -0.806. The van der Waals surface area contributed by atoms with Crippen molar-refractivity contribution in [3.05, 3.63) is 39.0 Å². The molecule has 2 aromatic rings. The fraction of sp³-hybridized carbons (Fsp3) is 0.556. The van der Waals surface area contributed by atoms with Crippen LogP contribution in [0.25, 0.3) is 10.9 Å². The lowest BCUT2D eigenvalue weighted by Gasteiger charge is -2.16. The van der Waals surface area contributed by atoms with Gasteiger partial charge in [-0.1, -0.05) is 13.3 Å². The van der Waals surface area contributed by atoms with Gasteiger partial charge in [0.1, 0.15) is 0 Å². The minimum atomic E-state index is -3.74. The van der Waals surface area contributed by atoms with E-state index < -0.39 is 21.1 Å². The van der Waals surface area contributed by atoms with Crippen LogP contribution in [-0.4, -0.2) is 23.1 Å². The highest BCUT2D eigenvalue weighted by atomic mass is 32.2. The summed E-state index contributed by atoms with van der Waals surface area (Å²) in [6.07, 6.45) is 1.73. The predicted octanol–water partition coefficient (Wildman–Crippen LogP) is 1.67. The average molecular weight is 379 g/mol. The van der Waals surface area contributed by atoms with E-state index in [0.717, 1.165) is 17.4 Å². The van der Waals surface area contributed by atoms with Gasteiger partial charge in [-0.05, 0) is 51.3 Å². The lowest BCUT2D eigenvalue weighted by Crippen LogP contribution is -2.39. The van der Waals surface area contributed by atoms with Crippen LogP contribution in [0.3, 0.4) is 0 Å². The normalized spacial score (nSPS) is 22.7. The topological polar surface area (TPSA) is 90.2 Å². The van der Waals surface area contributed by atoms with Gasteiger partial charge in [-0.25, -0.2) is 17.9 Å². The van der Waals surface area contributed by atoms with Gasteiger partial charge in [0.05, 0.1) is 15.8 Å². The molecule has 1 aromatic heterocycles. The molecular weight excluding hydrogens is 354 g/mol. The summed E-state index contributed by atoms with van der Waals surface area (Å²) in [6, 6.07) is 4.38. The molecule has 7 nitrogen and oxygen atoms in total. The standard InChI is InChI=1S/C18H25N3O4S/c1-5-12-11-18(12,4)19-26(24,25)13-8-9-15-14(10-13)16(22)21(7-3)17(23)20(15)6-2/h8-10,12,19H,5-7,11H2,1-4H3/t12-,18-/m0/s1. The van der Waals surface area contributed by atoms with Gasteiger partial charge in [0.2, 0.25) is 10.0 Å². The molecule has 1 saturated carbocycles. The number of benzene rings is 1. The molecule has 1 aromatic carbocycles. The minimum Gasteiger partial charge on any atom is -0.293 e. The Morgan fingerprint density at radius 2 is 1.81 bits per heavy atom. The second-order valence-electron chi connectivity index (χ2n) is 7.09. The number of nitrogens with zero attached hydrogens (tertiary/aromatic N) is 2. The molecule has 0 spiro atoms. The largest absolute Gasteiger partial charge is 0.331 e. The highest BCUT2D eigenvalue weighted by Crippen LogP contribution is 2.46. The number of rotatable bonds is 6. The van der Waals surface area contributed by atoms with Gasteiger partial charge >= 0.3 is 5.69 Å². The molecule has 0 radical (unpaired) electrons. The maximum atomic E-state index is 12.8. The van der Waals surface area contributed by atoms with Crippen molar-refractivity contribution in [3.8, 4) is 0 Å². The van der Waals surface area contributed by atoms with Crippen LogP contribution in [0.15, 0.2) is 32.7 Å². The van der Waals surface area contributed by atoms with E-state index in [4.69, 9.17) is 0 Å². The molecule has 142 valence electrons. The van der Waals surface area contributed by atoms with Crippen LogP contribution in [0, 0.1) is 5.92 Å². The molecule has 2 atom stereocenters. The minimum absolute atomic E-state index is 0.0500. The Hall–Kier alpha value is -1.93. The van der Waals surface area contributed by atoms with Crippen LogP contribution < -0.4 is 16.0 Å². The summed E-state index contributed by atoms with van der Waals surface area (Å²) in [6.45, 7) is 8.11. The summed E-state index contributed by atoms with van der Waals surface area (Å²) in [5.74, 6) is 0.334. The molecule has 0 bridgehead atoms. The number of aromatic nitrogens is 2. The lowest BCUT2D eigenvalue weighted by atomic mass is 10.2. The quantitative estimate of drug-likeness (QED) is 0.827. The van der Waals surface area contributed by atoms with Gasteiger partial charge in [-0.15, -0.1) is 0 Å². The lowest BCUT2D eigenvalue weighted by molar-refractivity contribution is 0.532. The molecule has 0 amide bonds. The van der Waals surface area contributed by atoms with E-state index in [2.05, 4.69) is 4.72 Å². The van der Waals surface area contributed by atoms with Crippen molar-refractivity contribution in [1.29, 1.82) is 0 Å². The summed E-state index contributed by atoms with van der Waals surface area (Å²) >= 11 is 0. The Bertz CT molecular complexity index is 1080. The highest BCUT2D eigenvalue weighted by Gasteiger charge is 2.51. The van der Waals surface area contributed by atoms with E-state index in [9.17, 15) is 18.0 Å². The zero-order valence-corrected chi connectivity index (χ0v) is 16.4. The first-order chi connectivity index (χ1) is 12.2. The number of aryl methyl sites for hydroxylation is 1. The van der Waals surface area contributed by atoms with Crippen LogP contribution in [0.1, 0.15) is 40.5 Å². The molecule has 1 aliphatic rings. The van der Waals surface area contributed by atoms with E-state index in [1.807, 2.05) is 20.8 Å². The van der Waals surface area contributed by atoms with Crippen molar-refractivity contribution >= 4 is 20.9 Å². The number of sulfonamides is 1. The molecule has 0 aliphatic heterocycles. The van der Waals surface area contributed by atoms with E-state index >= 15 is 0 Å². The van der Waals surface area contributed by atoms with Gasteiger partial charge < -0.3 is 0 Å². The van der Waals surface area contributed by atoms with E-state index in [1.54, 1.807) is 13.0 Å². The van der Waals surface area contributed by atoms with Crippen molar-refractivity contribution < 1.29 is 8.42 Å². The highest BCUT2D eigenvalue weighted by molar-refractivity contribution is 7.89. The van der Waals surface area contributed by atoms with Crippen molar-refractivity contribution in [3.63, 3.8) is 0 Å². The average Bonchev–Trinajstić information content (AvgIpc) is 3.24.